The molecule has 9 heteroatoms. The van der Waals surface area contributed by atoms with Gasteiger partial charge in [0.25, 0.3) is 10.0 Å². The molecule has 1 N–H and O–H groups in total. The lowest BCUT2D eigenvalue weighted by molar-refractivity contribution is -0.139. The summed E-state index contributed by atoms with van der Waals surface area (Å²) in [5, 5.41) is 2.71. The van der Waals surface area contributed by atoms with E-state index in [-0.39, 0.29) is 17.3 Å². The Morgan fingerprint density at radius 1 is 0.973 bits per heavy atom. The average Bonchev–Trinajstić information content (AvgIpc) is 2.87. The van der Waals surface area contributed by atoms with Gasteiger partial charge in [0.2, 0.25) is 11.8 Å². The Balaban J connectivity index is 2.04. The van der Waals surface area contributed by atoms with E-state index in [2.05, 4.69) is 5.32 Å². The number of amides is 2. The maximum absolute atomic E-state index is 13.8. The van der Waals surface area contributed by atoms with E-state index < -0.39 is 34.3 Å². The van der Waals surface area contributed by atoms with E-state index in [0.717, 1.165) is 9.87 Å². The maximum atomic E-state index is 13.8. The summed E-state index contributed by atoms with van der Waals surface area (Å²) in [5.74, 6) is -1.36. The fourth-order valence-corrected chi connectivity index (χ4v) is 5.51. The van der Waals surface area contributed by atoms with Gasteiger partial charge in [0.1, 0.15) is 18.4 Å². The quantitative estimate of drug-likeness (QED) is 0.430. The molecule has 3 aromatic rings. The van der Waals surface area contributed by atoms with Crippen LogP contribution in [0.15, 0.2) is 77.7 Å². The minimum Gasteiger partial charge on any atom is -0.355 e. The number of carbonyl (C=O) groups is 2. The molecule has 0 aliphatic carbocycles. The van der Waals surface area contributed by atoms with Crippen LogP contribution in [-0.4, -0.2) is 44.3 Å². The van der Waals surface area contributed by atoms with Crippen LogP contribution in [0.1, 0.15) is 30.5 Å². The molecule has 0 aromatic heterocycles. The van der Waals surface area contributed by atoms with Crippen LogP contribution >= 0.6 is 0 Å². The lowest BCUT2D eigenvalue weighted by atomic mass is 10.1. The van der Waals surface area contributed by atoms with Gasteiger partial charge in [-0.05, 0) is 69.2 Å². The second kappa shape index (κ2) is 12.0. The zero-order chi connectivity index (χ0) is 27.2. The molecule has 0 saturated heterocycles. The Bertz CT molecular complexity index is 1350. The molecular weight excluding hydrogens is 493 g/mol. The summed E-state index contributed by atoms with van der Waals surface area (Å²) >= 11 is 0. The van der Waals surface area contributed by atoms with Crippen LogP contribution in [0.25, 0.3) is 0 Å². The first kappa shape index (κ1) is 27.9. The number of nitrogens with zero attached hydrogens (tertiary/aromatic N) is 2. The highest BCUT2D eigenvalue weighted by molar-refractivity contribution is 7.92. The number of anilines is 1. The molecule has 1 atom stereocenters. The molecule has 3 rings (SSSR count). The fraction of sp³-hybridized carbons (Fsp3) is 0.286. The molecule has 0 radical (unpaired) electrons. The molecule has 37 heavy (non-hydrogen) atoms. The van der Waals surface area contributed by atoms with Crippen LogP contribution in [0.2, 0.25) is 0 Å². The molecule has 0 unspecified atom stereocenters. The highest BCUT2D eigenvalue weighted by Crippen LogP contribution is 2.28. The van der Waals surface area contributed by atoms with Crippen LogP contribution in [-0.2, 0) is 26.2 Å². The normalized spacial score (nSPS) is 12.0. The summed E-state index contributed by atoms with van der Waals surface area (Å²) in [6, 6.07) is 17.9. The number of halogens is 1. The first-order valence-corrected chi connectivity index (χ1v) is 13.4. The van der Waals surface area contributed by atoms with Gasteiger partial charge in [0.15, 0.2) is 0 Å². The number of rotatable bonds is 10. The number of hydrogen-bond acceptors (Lipinski definition) is 4. The molecule has 0 aliphatic heterocycles. The van der Waals surface area contributed by atoms with Crippen molar-refractivity contribution in [2.24, 2.45) is 0 Å². The number of likely N-dealkylation sites (N-methyl/N-ethyl adjacent to an activating group) is 1. The van der Waals surface area contributed by atoms with Gasteiger partial charge >= 0.3 is 0 Å². The van der Waals surface area contributed by atoms with Crippen LogP contribution in [0.4, 0.5) is 10.1 Å². The number of benzene rings is 3. The average molecular weight is 526 g/mol. The number of carbonyl (C=O) groups excluding carboxylic acids is 2. The van der Waals surface area contributed by atoms with E-state index in [1.54, 1.807) is 51.1 Å². The van der Waals surface area contributed by atoms with Gasteiger partial charge in [-0.1, -0.05) is 48.0 Å². The minimum atomic E-state index is -4.12. The highest BCUT2D eigenvalue weighted by Gasteiger charge is 2.33. The third-order valence-electron chi connectivity index (χ3n) is 6.02. The molecule has 7 nitrogen and oxygen atoms in total. The standard InChI is InChI=1S/C28H32FN3O4S/c1-5-30-28(34)22(4)31(18-23-12-14-24(29)15-13-23)27(33)19-32(26-16-11-20(2)17-21(26)3)37(35,36)25-9-7-6-8-10-25/h6-17,22H,5,18-19H2,1-4H3,(H,30,34)/t22-/m0/s1. The summed E-state index contributed by atoms with van der Waals surface area (Å²) < 4.78 is 42.1. The monoisotopic (exact) mass is 525 g/mol. The first-order chi connectivity index (χ1) is 17.5. The molecule has 0 heterocycles. The Morgan fingerprint density at radius 2 is 1.62 bits per heavy atom. The number of nitrogens with one attached hydrogen (secondary N) is 1. The van der Waals surface area contributed by atoms with Crippen molar-refractivity contribution >= 4 is 27.5 Å². The Hall–Kier alpha value is -3.72. The van der Waals surface area contributed by atoms with E-state index in [9.17, 15) is 22.4 Å². The predicted molar refractivity (Wildman–Crippen MR) is 142 cm³/mol. The van der Waals surface area contributed by atoms with Gasteiger partial charge in [0.05, 0.1) is 10.6 Å². The zero-order valence-corrected chi connectivity index (χ0v) is 22.3. The summed E-state index contributed by atoms with van der Waals surface area (Å²) in [6.07, 6.45) is 0. The third kappa shape index (κ3) is 6.74. The number of sulfonamides is 1. The van der Waals surface area contributed by atoms with Gasteiger partial charge in [0, 0.05) is 13.1 Å². The summed E-state index contributed by atoms with van der Waals surface area (Å²) in [6.45, 7) is 6.89. The van der Waals surface area contributed by atoms with Gasteiger partial charge in [-0.2, -0.15) is 0 Å². The number of hydrogen-bond donors (Lipinski definition) is 1. The van der Waals surface area contributed by atoms with Crippen molar-refractivity contribution in [1.29, 1.82) is 0 Å². The Kier molecular flexibility index (Phi) is 9.04. The summed E-state index contributed by atoms with van der Waals surface area (Å²) in [5.41, 5.74) is 2.62. The number of aryl methyl sites for hydroxylation is 2. The highest BCUT2D eigenvalue weighted by atomic mass is 32.2. The van der Waals surface area contributed by atoms with Gasteiger partial charge in [-0.15, -0.1) is 0 Å². The van der Waals surface area contributed by atoms with Crippen molar-refractivity contribution in [3.8, 4) is 0 Å². The van der Waals surface area contributed by atoms with Crippen molar-refractivity contribution in [1.82, 2.24) is 10.2 Å². The third-order valence-corrected chi connectivity index (χ3v) is 7.79. The van der Waals surface area contributed by atoms with Crippen LogP contribution < -0.4 is 9.62 Å². The van der Waals surface area contributed by atoms with Crippen LogP contribution in [0, 0.1) is 19.7 Å². The smallest absolute Gasteiger partial charge is 0.264 e. The van der Waals surface area contributed by atoms with E-state index in [1.807, 2.05) is 13.0 Å². The van der Waals surface area contributed by atoms with Crippen molar-refractivity contribution < 1.29 is 22.4 Å². The Morgan fingerprint density at radius 3 is 2.22 bits per heavy atom. The van der Waals surface area contributed by atoms with Gasteiger partial charge in [-0.3, -0.25) is 13.9 Å². The van der Waals surface area contributed by atoms with E-state index in [0.29, 0.717) is 23.4 Å². The largest absolute Gasteiger partial charge is 0.355 e. The van der Waals surface area contributed by atoms with E-state index in [1.165, 1.54) is 41.3 Å². The molecule has 2 amide bonds. The van der Waals surface area contributed by atoms with Crippen molar-refractivity contribution in [2.75, 3.05) is 17.4 Å². The fourth-order valence-electron chi connectivity index (χ4n) is 4.01. The molecule has 0 bridgehead atoms. The SMILES string of the molecule is CCNC(=O)[C@H](C)N(Cc1ccc(F)cc1)C(=O)CN(c1ccc(C)cc1C)S(=O)(=O)c1ccccc1. The topological polar surface area (TPSA) is 86.8 Å². The molecular formula is C28H32FN3O4S. The first-order valence-electron chi connectivity index (χ1n) is 12.0. The lowest BCUT2D eigenvalue weighted by Crippen LogP contribution is -2.51. The van der Waals surface area contributed by atoms with Gasteiger partial charge in [-0.25, -0.2) is 12.8 Å². The minimum absolute atomic E-state index is 0.00349. The van der Waals surface area contributed by atoms with Crippen molar-refractivity contribution in [2.45, 2.75) is 45.2 Å². The predicted octanol–water partition coefficient (Wildman–Crippen LogP) is 4.19. The zero-order valence-electron chi connectivity index (χ0n) is 21.4. The maximum Gasteiger partial charge on any atom is 0.264 e. The molecule has 0 saturated carbocycles. The summed E-state index contributed by atoms with van der Waals surface area (Å²) in [4.78, 5) is 27.8. The Labute approximate surface area is 218 Å². The molecule has 3 aromatic carbocycles. The van der Waals surface area contributed by atoms with Crippen molar-refractivity contribution in [3.63, 3.8) is 0 Å². The second-order valence-corrected chi connectivity index (χ2v) is 10.7. The second-order valence-electron chi connectivity index (χ2n) is 8.83. The molecule has 0 spiro atoms. The van der Waals surface area contributed by atoms with Gasteiger partial charge < -0.3 is 10.2 Å². The van der Waals surface area contributed by atoms with Crippen molar-refractivity contribution in [3.05, 3.63) is 95.3 Å². The molecule has 196 valence electrons. The lowest BCUT2D eigenvalue weighted by Gasteiger charge is -2.32. The molecule has 0 aliphatic rings. The molecule has 0 fully saturated rings. The summed E-state index contributed by atoms with van der Waals surface area (Å²) in [7, 11) is -4.12. The van der Waals surface area contributed by atoms with Crippen LogP contribution in [0.5, 0.6) is 0 Å². The van der Waals surface area contributed by atoms with E-state index >= 15 is 0 Å². The van der Waals surface area contributed by atoms with E-state index in [4.69, 9.17) is 0 Å². The van der Waals surface area contributed by atoms with Crippen LogP contribution in [0.3, 0.4) is 0 Å².